The van der Waals surface area contributed by atoms with Crippen LogP contribution in [0.15, 0.2) is 53.7 Å². The van der Waals surface area contributed by atoms with Crippen molar-refractivity contribution in [1.29, 1.82) is 5.26 Å². The summed E-state index contributed by atoms with van der Waals surface area (Å²) < 4.78 is 29.6. The molecule has 0 aliphatic carbocycles. The van der Waals surface area contributed by atoms with Crippen molar-refractivity contribution in [3.05, 3.63) is 59.9 Å². The summed E-state index contributed by atoms with van der Waals surface area (Å²) in [6, 6.07) is 12.7. The van der Waals surface area contributed by atoms with Crippen molar-refractivity contribution in [2.45, 2.75) is 49.0 Å². The first kappa shape index (κ1) is 24.8. The Morgan fingerprint density at radius 1 is 1.26 bits per heavy atom. The smallest absolute Gasteiger partial charge is 0.255 e. The maximum atomic E-state index is 13.2. The van der Waals surface area contributed by atoms with E-state index in [1.54, 1.807) is 35.5 Å². The van der Waals surface area contributed by atoms with Crippen LogP contribution in [-0.2, 0) is 0 Å². The highest BCUT2D eigenvalue weighted by Crippen LogP contribution is 2.32. The molecule has 7 nitrogen and oxygen atoms in total. The fourth-order valence-corrected chi connectivity index (χ4v) is 4.80. The van der Waals surface area contributed by atoms with Crippen LogP contribution in [0, 0.1) is 11.3 Å². The van der Waals surface area contributed by atoms with Gasteiger partial charge >= 0.3 is 0 Å². The monoisotopic (exact) mass is 497 g/mol. The number of rotatable bonds is 7. The summed E-state index contributed by atoms with van der Waals surface area (Å²) in [6.07, 6.45) is 3.30. The number of carbonyl (C=O) groups excluding carboxylic acids is 1. The Labute approximate surface area is 206 Å². The highest BCUT2D eigenvalue weighted by atomic mass is 32.2. The first-order valence-electron chi connectivity index (χ1n) is 11.2. The van der Waals surface area contributed by atoms with Crippen LogP contribution in [0.3, 0.4) is 0 Å². The number of anilines is 1. The van der Waals surface area contributed by atoms with E-state index in [0.29, 0.717) is 5.69 Å². The molecule has 1 fully saturated rings. The zero-order valence-corrected chi connectivity index (χ0v) is 20.0. The Morgan fingerprint density at radius 3 is 2.71 bits per heavy atom. The lowest BCUT2D eigenvalue weighted by Crippen LogP contribution is -2.47. The number of nitrogens with one attached hydrogen (secondary N) is 1. The molecule has 1 saturated heterocycles. The summed E-state index contributed by atoms with van der Waals surface area (Å²) >= 11 is 1.33. The van der Waals surface area contributed by atoms with Gasteiger partial charge in [0, 0.05) is 37.6 Å². The van der Waals surface area contributed by atoms with Crippen LogP contribution < -0.4 is 4.72 Å². The predicted molar refractivity (Wildman–Crippen MR) is 130 cm³/mol. The largest absolute Gasteiger partial charge is 0.390 e. The molecule has 1 aromatic heterocycles. The third-order valence-electron chi connectivity index (χ3n) is 6.12. The van der Waals surface area contributed by atoms with E-state index in [2.05, 4.69) is 20.8 Å². The van der Waals surface area contributed by atoms with E-state index < -0.39 is 17.9 Å². The molecular formula is C25H25F2N5O2S. The number of hydrogen-bond donors (Lipinski definition) is 2. The van der Waals surface area contributed by atoms with Gasteiger partial charge in [-0.05, 0) is 68.5 Å². The van der Waals surface area contributed by atoms with Crippen molar-refractivity contribution in [3.8, 4) is 6.07 Å². The molecule has 2 heterocycles. The van der Waals surface area contributed by atoms with E-state index >= 15 is 0 Å². The predicted octanol–water partition coefficient (Wildman–Crippen LogP) is 5.02. The van der Waals surface area contributed by atoms with Gasteiger partial charge < -0.3 is 14.7 Å². The molecule has 182 valence electrons. The number of fused-ring (bicyclic) bond motifs is 1. The quantitative estimate of drug-likeness (QED) is 0.442. The molecule has 2 aromatic carbocycles. The molecule has 0 saturated carbocycles. The van der Waals surface area contributed by atoms with Crippen LogP contribution in [0.4, 0.5) is 14.5 Å². The minimum absolute atomic E-state index is 0.0116. The minimum Gasteiger partial charge on any atom is -0.390 e. The highest BCUT2D eigenvalue weighted by Gasteiger charge is 2.36. The molecule has 10 heteroatoms. The number of hydrogen-bond acceptors (Lipinski definition) is 7. The number of likely N-dealkylation sites (tertiary alicyclic amines) is 1. The number of benzene rings is 2. The molecule has 0 unspecified atom stereocenters. The van der Waals surface area contributed by atoms with Crippen LogP contribution in [0.2, 0.25) is 0 Å². The first-order chi connectivity index (χ1) is 16.7. The Hall–Kier alpha value is -3.29. The average molecular weight is 498 g/mol. The van der Waals surface area contributed by atoms with Gasteiger partial charge in [-0.25, -0.2) is 8.78 Å². The topological polar surface area (TPSA) is 102 Å². The number of aliphatic hydroxyl groups is 1. The molecule has 35 heavy (non-hydrogen) atoms. The molecule has 2 N–H and O–H groups in total. The average Bonchev–Trinajstić information content (AvgIpc) is 2.86. The maximum absolute atomic E-state index is 13.2. The van der Waals surface area contributed by atoms with Crippen LogP contribution in [0.5, 0.6) is 0 Å². The summed E-state index contributed by atoms with van der Waals surface area (Å²) in [4.78, 5) is 24.2. The summed E-state index contributed by atoms with van der Waals surface area (Å²) in [7, 11) is 0. The van der Waals surface area contributed by atoms with Crippen LogP contribution in [0.25, 0.3) is 11.0 Å². The Kier molecular flexibility index (Phi) is 7.19. The number of alkyl halides is 2. The first-order valence-corrected chi connectivity index (χ1v) is 12.1. The van der Waals surface area contributed by atoms with E-state index in [0.717, 1.165) is 22.9 Å². The number of amides is 1. The van der Waals surface area contributed by atoms with Gasteiger partial charge in [-0.15, -0.1) is 0 Å². The molecule has 3 aromatic rings. The molecule has 1 aliphatic heterocycles. The molecule has 4 rings (SSSR count). The van der Waals surface area contributed by atoms with Crippen LogP contribution in [0.1, 0.15) is 48.5 Å². The molecular weight excluding hydrogens is 472 g/mol. The third kappa shape index (κ3) is 6.05. The van der Waals surface area contributed by atoms with E-state index in [1.165, 1.54) is 11.9 Å². The molecule has 0 radical (unpaired) electrons. The van der Waals surface area contributed by atoms with Crippen molar-refractivity contribution < 1.29 is 18.7 Å². The number of carbonyl (C=O) groups is 1. The van der Waals surface area contributed by atoms with Gasteiger partial charge in [0.05, 0.1) is 27.1 Å². The van der Waals surface area contributed by atoms with E-state index in [1.807, 2.05) is 18.2 Å². The standard InChI is InChI=1S/C25H25F2N5O2S/c1-24(26,27)7-8-25(34)9-13-32(14-10-25)23(33)19-6-5-18(15-17(19)16-28)31-35-21-4-2-3-20-22(21)30-12-11-29-20/h2-6,11-12,15,31,34H,7-10,13-14H2,1H3. The summed E-state index contributed by atoms with van der Waals surface area (Å²) in [5, 5.41) is 20.3. The van der Waals surface area contributed by atoms with Crippen molar-refractivity contribution in [2.75, 3.05) is 17.8 Å². The fourth-order valence-electron chi connectivity index (χ4n) is 4.05. The van der Waals surface area contributed by atoms with Gasteiger partial charge in [0.15, 0.2) is 0 Å². The van der Waals surface area contributed by atoms with Gasteiger partial charge in [0.25, 0.3) is 5.91 Å². The Morgan fingerprint density at radius 2 is 2.00 bits per heavy atom. The van der Waals surface area contributed by atoms with Crippen molar-refractivity contribution in [3.63, 3.8) is 0 Å². The SMILES string of the molecule is CC(F)(F)CCC1(O)CCN(C(=O)c2ccc(NSc3cccc4nccnc34)cc2C#N)CC1. The van der Waals surface area contributed by atoms with Crippen LogP contribution >= 0.6 is 11.9 Å². The summed E-state index contributed by atoms with van der Waals surface area (Å²) in [5.41, 5.74) is 1.47. The molecule has 1 aliphatic rings. The van der Waals surface area contributed by atoms with Gasteiger partial charge in [-0.1, -0.05) is 6.07 Å². The third-order valence-corrected chi connectivity index (χ3v) is 7.01. The van der Waals surface area contributed by atoms with E-state index in [9.17, 15) is 23.9 Å². The number of nitrogens with zero attached hydrogens (tertiary/aromatic N) is 4. The zero-order chi connectivity index (χ0) is 25.1. The van der Waals surface area contributed by atoms with Gasteiger partial charge in [0.2, 0.25) is 5.92 Å². The van der Waals surface area contributed by atoms with Crippen LogP contribution in [-0.4, -0.2) is 50.5 Å². The van der Waals surface area contributed by atoms with E-state index in [-0.39, 0.29) is 49.4 Å². The zero-order valence-electron chi connectivity index (χ0n) is 19.2. The van der Waals surface area contributed by atoms with E-state index in [4.69, 9.17) is 0 Å². The lowest BCUT2D eigenvalue weighted by molar-refractivity contribution is -0.0570. The number of piperidine rings is 1. The Bertz CT molecular complexity index is 1260. The molecule has 0 bridgehead atoms. The van der Waals surface area contributed by atoms with Crippen molar-refractivity contribution >= 4 is 34.6 Å². The second-order valence-electron chi connectivity index (χ2n) is 8.84. The second kappa shape index (κ2) is 10.1. The maximum Gasteiger partial charge on any atom is 0.255 e. The number of halogens is 2. The second-order valence-corrected chi connectivity index (χ2v) is 9.69. The fraction of sp³-hybridized carbons (Fsp3) is 0.360. The lowest BCUT2D eigenvalue weighted by atomic mass is 9.86. The summed E-state index contributed by atoms with van der Waals surface area (Å²) in [5.74, 6) is -3.15. The normalized spacial score (nSPS) is 15.6. The van der Waals surface area contributed by atoms with Gasteiger partial charge in [-0.3, -0.25) is 14.8 Å². The lowest BCUT2D eigenvalue weighted by Gasteiger charge is -2.38. The number of aromatic nitrogens is 2. The minimum atomic E-state index is -2.83. The number of nitriles is 1. The Balaban J connectivity index is 1.41. The summed E-state index contributed by atoms with van der Waals surface area (Å²) in [6.45, 7) is 1.33. The molecule has 1 amide bonds. The molecule has 0 spiro atoms. The van der Waals surface area contributed by atoms with Gasteiger partial charge in [-0.2, -0.15) is 5.26 Å². The van der Waals surface area contributed by atoms with Gasteiger partial charge in [0.1, 0.15) is 11.6 Å². The molecule has 0 atom stereocenters. The highest BCUT2D eigenvalue weighted by molar-refractivity contribution is 8.00. The van der Waals surface area contributed by atoms with Crippen molar-refractivity contribution in [1.82, 2.24) is 14.9 Å². The van der Waals surface area contributed by atoms with Crippen molar-refractivity contribution in [2.24, 2.45) is 0 Å². The number of para-hydroxylation sites is 1.